The van der Waals surface area contributed by atoms with Gasteiger partial charge in [0.25, 0.3) is 0 Å². The molecule has 0 saturated heterocycles. The van der Waals surface area contributed by atoms with Gasteiger partial charge in [0.2, 0.25) is 0 Å². The highest BCUT2D eigenvalue weighted by molar-refractivity contribution is 4.83. The van der Waals surface area contributed by atoms with Gasteiger partial charge in [-0.15, -0.1) is 0 Å². The second-order valence-corrected chi connectivity index (χ2v) is 6.62. The first-order valence-corrected chi connectivity index (χ1v) is 8.80. The lowest BCUT2D eigenvalue weighted by Gasteiger charge is -2.36. The first-order valence-electron chi connectivity index (χ1n) is 8.80. The highest BCUT2D eigenvalue weighted by Gasteiger charge is 2.27. The average molecular weight is 284 g/mol. The smallest absolute Gasteiger partial charge is 0.00795 e. The Morgan fingerprint density at radius 3 is 2.15 bits per heavy atom. The Labute approximate surface area is 126 Å². The Balaban J connectivity index is 2.31. The van der Waals surface area contributed by atoms with Crippen LogP contribution >= 0.6 is 0 Å². The van der Waals surface area contributed by atoms with Crippen molar-refractivity contribution in [3.05, 3.63) is 0 Å². The zero-order chi connectivity index (χ0) is 15.0. The minimum Gasteiger partial charge on any atom is -0.327 e. The lowest BCUT2D eigenvalue weighted by atomic mass is 9.79. The van der Waals surface area contributed by atoms with Crippen molar-refractivity contribution in [1.29, 1.82) is 0 Å². The van der Waals surface area contributed by atoms with Crippen molar-refractivity contribution < 1.29 is 0 Å². The van der Waals surface area contributed by atoms with Crippen LogP contribution in [0.3, 0.4) is 0 Å². The third-order valence-corrected chi connectivity index (χ3v) is 5.09. The third kappa shape index (κ3) is 6.11. The largest absolute Gasteiger partial charge is 0.327 e. The Bertz CT molecular complexity index is 240. The van der Waals surface area contributed by atoms with Crippen molar-refractivity contribution in [3.63, 3.8) is 0 Å². The summed E-state index contributed by atoms with van der Waals surface area (Å²) in [6.07, 6.45) is 5.16. The highest BCUT2D eigenvalue weighted by Crippen LogP contribution is 2.28. The van der Waals surface area contributed by atoms with Gasteiger partial charge in [0, 0.05) is 12.6 Å². The van der Waals surface area contributed by atoms with Crippen LogP contribution < -0.4 is 5.73 Å². The SMILES string of the molecule is CCN(CC)CCCN(CC)CC1CC(C)CCC1N. The Morgan fingerprint density at radius 2 is 1.55 bits per heavy atom. The van der Waals surface area contributed by atoms with Crippen LogP contribution in [-0.2, 0) is 0 Å². The second kappa shape index (κ2) is 9.75. The van der Waals surface area contributed by atoms with E-state index >= 15 is 0 Å². The molecule has 0 bridgehead atoms. The van der Waals surface area contributed by atoms with Crippen molar-refractivity contribution in [1.82, 2.24) is 9.80 Å². The first kappa shape index (κ1) is 17.9. The minimum absolute atomic E-state index is 0.433. The van der Waals surface area contributed by atoms with Gasteiger partial charge in [0.1, 0.15) is 0 Å². The van der Waals surface area contributed by atoms with Crippen molar-refractivity contribution in [2.45, 2.75) is 59.4 Å². The van der Waals surface area contributed by atoms with Gasteiger partial charge in [-0.05, 0) is 70.2 Å². The van der Waals surface area contributed by atoms with E-state index in [0.29, 0.717) is 12.0 Å². The third-order valence-electron chi connectivity index (χ3n) is 5.09. The molecule has 2 N–H and O–H groups in total. The Morgan fingerprint density at radius 1 is 0.950 bits per heavy atom. The molecule has 0 radical (unpaired) electrons. The molecule has 0 spiro atoms. The summed E-state index contributed by atoms with van der Waals surface area (Å²) >= 11 is 0. The quantitative estimate of drug-likeness (QED) is 0.706. The van der Waals surface area contributed by atoms with Gasteiger partial charge < -0.3 is 15.5 Å². The fourth-order valence-electron chi connectivity index (χ4n) is 3.50. The minimum atomic E-state index is 0.433. The zero-order valence-corrected chi connectivity index (χ0v) is 14.3. The summed E-state index contributed by atoms with van der Waals surface area (Å²) in [5.41, 5.74) is 6.33. The van der Waals surface area contributed by atoms with Crippen molar-refractivity contribution in [2.75, 3.05) is 39.3 Å². The molecule has 120 valence electrons. The predicted molar refractivity (Wildman–Crippen MR) is 89.0 cm³/mol. The molecule has 3 atom stereocenters. The number of rotatable bonds is 9. The van der Waals surface area contributed by atoms with Crippen LogP contribution in [0, 0.1) is 11.8 Å². The van der Waals surface area contributed by atoms with E-state index in [1.54, 1.807) is 0 Å². The van der Waals surface area contributed by atoms with Gasteiger partial charge in [0.05, 0.1) is 0 Å². The number of hydrogen-bond donors (Lipinski definition) is 1. The van der Waals surface area contributed by atoms with E-state index in [1.165, 1.54) is 58.4 Å². The Hall–Kier alpha value is -0.120. The standard InChI is InChI=1S/C17H37N3/c1-5-19(6-2)11-8-12-20(7-3)14-16-13-15(4)9-10-17(16)18/h15-17H,5-14,18H2,1-4H3. The number of nitrogens with zero attached hydrogens (tertiary/aromatic N) is 2. The molecule has 1 aliphatic carbocycles. The summed E-state index contributed by atoms with van der Waals surface area (Å²) in [7, 11) is 0. The molecule has 0 aromatic rings. The highest BCUT2D eigenvalue weighted by atomic mass is 15.1. The molecule has 3 unspecified atom stereocenters. The summed E-state index contributed by atoms with van der Waals surface area (Å²) in [5, 5.41) is 0. The number of nitrogens with two attached hydrogens (primary N) is 1. The maximum Gasteiger partial charge on any atom is 0.00795 e. The van der Waals surface area contributed by atoms with Gasteiger partial charge in [-0.1, -0.05) is 27.7 Å². The van der Waals surface area contributed by atoms with Crippen LogP contribution in [0.5, 0.6) is 0 Å². The summed E-state index contributed by atoms with van der Waals surface area (Å²) in [5.74, 6) is 1.58. The van der Waals surface area contributed by atoms with Crippen LogP contribution in [0.1, 0.15) is 53.4 Å². The van der Waals surface area contributed by atoms with Crippen LogP contribution in [-0.4, -0.2) is 55.1 Å². The van der Waals surface area contributed by atoms with Gasteiger partial charge in [-0.2, -0.15) is 0 Å². The molecule has 1 saturated carbocycles. The Kier molecular flexibility index (Phi) is 8.74. The predicted octanol–water partition coefficient (Wildman–Crippen LogP) is 2.80. The van der Waals surface area contributed by atoms with Crippen LogP contribution in [0.25, 0.3) is 0 Å². The number of hydrogen-bond acceptors (Lipinski definition) is 3. The first-order chi connectivity index (χ1) is 9.60. The molecule has 1 fully saturated rings. The second-order valence-electron chi connectivity index (χ2n) is 6.62. The van der Waals surface area contributed by atoms with E-state index in [2.05, 4.69) is 37.5 Å². The summed E-state index contributed by atoms with van der Waals surface area (Å²) in [6, 6.07) is 0.433. The van der Waals surface area contributed by atoms with Crippen molar-refractivity contribution in [3.8, 4) is 0 Å². The van der Waals surface area contributed by atoms with E-state index in [4.69, 9.17) is 5.73 Å². The van der Waals surface area contributed by atoms with Crippen molar-refractivity contribution >= 4 is 0 Å². The maximum absolute atomic E-state index is 6.33. The van der Waals surface area contributed by atoms with Gasteiger partial charge in [-0.3, -0.25) is 0 Å². The van der Waals surface area contributed by atoms with E-state index in [1.807, 2.05) is 0 Å². The molecule has 0 aromatic carbocycles. The van der Waals surface area contributed by atoms with E-state index in [0.717, 1.165) is 12.5 Å². The fraction of sp³-hybridized carbons (Fsp3) is 1.00. The summed E-state index contributed by atoms with van der Waals surface area (Å²) in [6.45, 7) is 16.4. The molecule has 1 aliphatic rings. The molecular formula is C17H37N3. The zero-order valence-electron chi connectivity index (χ0n) is 14.3. The molecular weight excluding hydrogens is 246 g/mol. The lowest BCUT2D eigenvalue weighted by Crippen LogP contribution is -2.43. The van der Waals surface area contributed by atoms with Crippen LogP contribution in [0.15, 0.2) is 0 Å². The normalized spacial score (nSPS) is 27.4. The molecule has 0 amide bonds. The van der Waals surface area contributed by atoms with E-state index < -0.39 is 0 Å². The summed E-state index contributed by atoms with van der Waals surface area (Å²) in [4.78, 5) is 5.13. The molecule has 0 aromatic heterocycles. The summed E-state index contributed by atoms with van der Waals surface area (Å²) < 4.78 is 0. The van der Waals surface area contributed by atoms with Crippen molar-refractivity contribution in [2.24, 2.45) is 17.6 Å². The van der Waals surface area contributed by atoms with Gasteiger partial charge in [0.15, 0.2) is 0 Å². The monoisotopic (exact) mass is 283 g/mol. The van der Waals surface area contributed by atoms with Gasteiger partial charge in [-0.25, -0.2) is 0 Å². The van der Waals surface area contributed by atoms with Gasteiger partial charge >= 0.3 is 0 Å². The molecule has 0 aliphatic heterocycles. The fourth-order valence-corrected chi connectivity index (χ4v) is 3.50. The molecule has 3 nitrogen and oxygen atoms in total. The lowest BCUT2D eigenvalue weighted by molar-refractivity contribution is 0.159. The molecule has 1 rings (SSSR count). The van der Waals surface area contributed by atoms with E-state index in [-0.39, 0.29) is 0 Å². The molecule has 20 heavy (non-hydrogen) atoms. The van der Waals surface area contributed by atoms with Crippen LogP contribution in [0.2, 0.25) is 0 Å². The maximum atomic E-state index is 6.33. The average Bonchev–Trinajstić information content (AvgIpc) is 2.46. The topological polar surface area (TPSA) is 32.5 Å². The van der Waals surface area contributed by atoms with E-state index in [9.17, 15) is 0 Å². The molecule has 3 heteroatoms. The molecule has 0 heterocycles. The van der Waals surface area contributed by atoms with Crippen LogP contribution in [0.4, 0.5) is 0 Å².